The van der Waals surface area contributed by atoms with Crippen molar-refractivity contribution in [2.24, 2.45) is 0 Å². The number of aliphatic hydroxyl groups is 1. The maximum Gasteiger partial charge on any atom is 0.295 e. The van der Waals surface area contributed by atoms with Crippen LogP contribution in [-0.2, 0) is 16.1 Å². The number of Topliss-reactive ketones (excluding diaryl/α,β-unsaturated/α-hetero) is 1. The molecule has 2 aromatic heterocycles. The molecule has 0 bridgehead atoms. The number of amides is 1. The number of likely N-dealkylation sites (tertiary alicyclic amines) is 1. The Bertz CT molecular complexity index is 1170. The number of hydrogen-bond acceptors (Lipinski definition) is 6. The zero-order valence-electron chi connectivity index (χ0n) is 18.1. The number of benzene rings is 1. The Labute approximate surface area is 190 Å². The molecule has 1 atom stereocenters. The van der Waals surface area contributed by atoms with Gasteiger partial charge in [0.1, 0.15) is 11.5 Å². The number of hydrogen-bond donors (Lipinski definition) is 1. The van der Waals surface area contributed by atoms with E-state index in [4.69, 9.17) is 4.74 Å². The third-order valence-corrected chi connectivity index (χ3v) is 6.48. The van der Waals surface area contributed by atoms with Gasteiger partial charge in [-0.25, -0.2) is 0 Å². The van der Waals surface area contributed by atoms with Gasteiger partial charge in [-0.3, -0.25) is 14.6 Å². The lowest BCUT2D eigenvalue weighted by molar-refractivity contribution is -0.140. The minimum Gasteiger partial charge on any atom is -0.507 e. The van der Waals surface area contributed by atoms with Crippen LogP contribution < -0.4 is 4.74 Å². The fourth-order valence-electron chi connectivity index (χ4n) is 3.96. The van der Waals surface area contributed by atoms with E-state index in [2.05, 4.69) is 4.98 Å². The second-order valence-electron chi connectivity index (χ2n) is 7.92. The molecule has 1 fully saturated rings. The lowest BCUT2D eigenvalue weighted by Gasteiger charge is -2.24. The van der Waals surface area contributed by atoms with Gasteiger partial charge in [-0.05, 0) is 52.8 Å². The third-order valence-electron chi connectivity index (χ3n) is 5.55. The number of aromatic nitrogens is 1. The monoisotopic (exact) mass is 448 g/mol. The summed E-state index contributed by atoms with van der Waals surface area (Å²) < 4.78 is 5.44. The molecule has 0 saturated carbocycles. The Hall–Kier alpha value is -3.45. The van der Waals surface area contributed by atoms with Crippen LogP contribution in [-0.4, -0.2) is 33.8 Å². The minimum absolute atomic E-state index is 0.0983. The number of thiophene rings is 1. The first-order chi connectivity index (χ1) is 15.4. The fourth-order valence-corrected chi connectivity index (χ4v) is 4.81. The van der Waals surface area contributed by atoms with Crippen LogP contribution in [0.5, 0.6) is 5.75 Å². The molecule has 1 N–H and O–H groups in total. The Balaban J connectivity index is 1.84. The summed E-state index contributed by atoms with van der Waals surface area (Å²) in [7, 11) is 1.60. The predicted molar refractivity (Wildman–Crippen MR) is 123 cm³/mol. The number of carbonyl (C=O) groups is 2. The first-order valence-electron chi connectivity index (χ1n) is 10.3. The molecule has 4 rings (SSSR count). The van der Waals surface area contributed by atoms with E-state index in [-0.39, 0.29) is 23.8 Å². The lowest BCUT2D eigenvalue weighted by atomic mass is 9.95. The molecular weight excluding hydrogens is 424 g/mol. The predicted octanol–water partition coefficient (Wildman–Crippen LogP) is 4.90. The maximum absolute atomic E-state index is 13.1. The highest BCUT2D eigenvalue weighted by molar-refractivity contribution is 7.10. The minimum atomic E-state index is -0.688. The number of ether oxygens (including phenoxy) is 1. The number of ketones is 1. The highest BCUT2D eigenvalue weighted by atomic mass is 32.1. The molecule has 1 amide bonds. The van der Waals surface area contributed by atoms with Gasteiger partial charge in [-0.15, -0.1) is 11.3 Å². The molecule has 0 aliphatic carbocycles. The van der Waals surface area contributed by atoms with Crippen LogP contribution in [0.1, 0.15) is 47.4 Å². The molecule has 6 nitrogen and oxygen atoms in total. The number of nitrogens with zero attached hydrogens (tertiary/aromatic N) is 2. The molecular formula is C25H24N2O4S. The molecule has 0 spiro atoms. The van der Waals surface area contributed by atoms with Crippen LogP contribution in [0.3, 0.4) is 0 Å². The van der Waals surface area contributed by atoms with Crippen molar-refractivity contribution in [2.45, 2.75) is 32.4 Å². The molecule has 3 aromatic rings. The first kappa shape index (κ1) is 21.8. The van der Waals surface area contributed by atoms with Crippen molar-refractivity contribution < 1.29 is 19.4 Å². The van der Waals surface area contributed by atoms with Crippen molar-refractivity contribution >= 4 is 28.8 Å². The van der Waals surface area contributed by atoms with Gasteiger partial charge in [-0.2, -0.15) is 0 Å². The van der Waals surface area contributed by atoms with Crippen LogP contribution in [0.4, 0.5) is 0 Å². The van der Waals surface area contributed by atoms with Crippen molar-refractivity contribution in [3.05, 3.63) is 87.4 Å². The van der Waals surface area contributed by atoms with Gasteiger partial charge in [0, 0.05) is 29.4 Å². The average molecular weight is 449 g/mol. The molecule has 1 aromatic carbocycles. The quantitative estimate of drug-likeness (QED) is 0.330. The molecule has 1 aliphatic heterocycles. The van der Waals surface area contributed by atoms with E-state index in [1.54, 1.807) is 37.7 Å². The number of methoxy groups -OCH3 is 1. The lowest BCUT2D eigenvalue weighted by Crippen LogP contribution is -2.28. The van der Waals surface area contributed by atoms with Crippen LogP contribution in [0.25, 0.3) is 5.76 Å². The van der Waals surface area contributed by atoms with Crippen molar-refractivity contribution in [3.63, 3.8) is 0 Å². The van der Waals surface area contributed by atoms with E-state index in [9.17, 15) is 14.7 Å². The Morgan fingerprint density at radius 1 is 1.22 bits per heavy atom. The smallest absolute Gasteiger partial charge is 0.295 e. The molecule has 32 heavy (non-hydrogen) atoms. The highest BCUT2D eigenvalue weighted by Crippen LogP contribution is 2.42. The molecule has 7 heteroatoms. The molecule has 0 radical (unpaired) electrons. The standard InChI is InChI=1S/C25H24N2O4S/c1-15(2)18-12-17(8-9-19(18)31-3)23(28)21-22(20-7-5-11-32-20)27(25(30)24(21)29)14-16-6-4-10-26-13-16/h4-13,15,22,28H,14H2,1-3H3/b23-21-. The van der Waals surface area contributed by atoms with Crippen molar-refractivity contribution in [2.75, 3.05) is 7.11 Å². The summed E-state index contributed by atoms with van der Waals surface area (Å²) in [5, 5.41) is 13.2. The van der Waals surface area contributed by atoms with Gasteiger partial charge in [0.15, 0.2) is 0 Å². The summed E-state index contributed by atoms with van der Waals surface area (Å²) in [6, 6.07) is 12.0. The van der Waals surface area contributed by atoms with E-state index >= 15 is 0 Å². The summed E-state index contributed by atoms with van der Waals surface area (Å²) in [6.07, 6.45) is 3.33. The maximum atomic E-state index is 13.1. The summed E-state index contributed by atoms with van der Waals surface area (Å²) in [6.45, 7) is 4.28. The number of carbonyl (C=O) groups excluding carboxylic acids is 2. The summed E-state index contributed by atoms with van der Waals surface area (Å²) in [4.78, 5) is 32.6. The Kier molecular flexibility index (Phi) is 6.10. The summed E-state index contributed by atoms with van der Waals surface area (Å²) in [5.41, 5.74) is 2.30. The molecule has 1 unspecified atom stereocenters. The third kappa shape index (κ3) is 3.91. The average Bonchev–Trinajstić information content (AvgIpc) is 3.41. The molecule has 164 valence electrons. The van der Waals surface area contributed by atoms with Crippen LogP contribution >= 0.6 is 11.3 Å². The largest absolute Gasteiger partial charge is 0.507 e. The van der Waals surface area contributed by atoms with Crippen LogP contribution in [0.2, 0.25) is 0 Å². The first-order valence-corrected chi connectivity index (χ1v) is 11.2. The SMILES string of the molecule is COc1ccc(/C(O)=C2/C(=O)C(=O)N(Cc3cccnc3)C2c2cccs2)cc1C(C)C. The fraction of sp³-hybridized carbons (Fsp3) is 0.240. The van der Waals surface area contributed by atoms with Gasteiger partial charge in [-0.1, -0.05) is 26.0 Å². The second kappa shape index (κ2) is 8.96. The molecule has 3 heterocycles. The van der Waals surface area contributed by atoms with Gasteiger partial charge >= 0.3 is 0 Å². The van der Waals surface area contributed by atoms with E-state index in [1.807, 2.05) is 43.5 Å². The van der Waals surface area contributed by atoms with E-state index < -0.39 is 17.7 Å². The zero-order valence-corrected chi connectivity index (χ0v) is 18.9. The number of aliphatic hydroxyl groups excluding tert-OH is 1. The Morgan fingerprint density at radius 3 is 2.66 bits per heavy atom. The van der Waals surface area contributed by atoms with Crippen molar-refractivity contribution in [3.8, 4) is 5.75 Å². The zero-order chi connectivity index (χ0) is 22.8. The van der Waals surface area contributed by atoms with Gasteiger partial charge in [0.2, 0.25) is 0 Å². The normalized spacial score (nSPS) is 17.9. The van der Waals surface area contributed by atoms with E-state index in [1.165, 1.54) is 16.2 Å². The topological polar surface area (TPSA) is 79.7 Å². The highest BCUT2D eigenvalue weighted by Gasteiger charge is 2.46. The van der Waals surface area contributed by atoms with Gasteiger partial charge in [0.05, 0.1) is 18.7 Å². The van der Waals surface area contributed by atoms with Crippen molar-refractivity contribution in [1.29, 1.82) is 0 Å². The molecule has 1 aliphatic rings. The van der Waals surface area contributed by atoms with Gasteiger partial charge in [0.25, 0.3) is 11.7 Å². The van der Waals surface area contributed by atoms with Crippen LogP contribution in [0, 0.1) is 0 Å². The van der Waals surface area contributed by atoms with E-state index in [0.29, 0.717) is 11.3 Å². The van der Waals surface area contributed by atoms with Crippen molar-refractivity contribution in [1.82, 2.24) is 9.88 Å². The van der Waals surface area contributed by atoms with Gasteiger partial charge < -0.3 is 14.7 Å². The number of pyridine rings is 1. The van der Waals surface area contributed by atoms with Crippen LogP contribution in [0.15, 0.2) is 65.8 Å². The summed E-state index contributed by atoms with van der Waals surface area (Å²) >= 11 is 1.44. The van der Waals surface area contributed by atoms with E-state index in [0.717, 1.165) is 16.0 Å². The summed E-state index contributed by atoms with van der Waals surface area (Å²) in [5.74, 6) is -0.639. The molecule has 1 saturated heterocycles. The Morgan fingerprint density at radius 2 is 2.03 bits per heavy atom. The second-order valence-corrected chi connectivity index (χ2v) is 8.89. The number of rotatable bonds is 6.